The van der Waals surface area contributed by atoms with Gasteiger partial charge in [-0.2, -0.15) is 5.10 Å². The number of aromatic nitrogens is 2. The van der Waals surface area contributed by atoms with E-state index in [2.05, 4.69) is 10.4 Å². The maximum absolute atomic E-state index is 13.6. The van der Waals surface area contributed by atoms with Crippen molar-refractivity contribution in [3.63, 3.8) is 0 Å². The lowest BCUT2D eigenvalue weighted by Gasteiger charge is -2.09. The molecule has 7 heteroatoms. The molecule has 0 amide bonds. The molecule has 1 aromatic heterocycles. The minimum absolute atomic E-state index is 0.0342. The number of nitrogens with one attached hydrogen (secondary N) is 1. The van der Waals surface area contributed by atoms with Crippen LogP contribution in [0.3, 0.4) is 0 Å². The Bertz CT molecular complexity index is 686. The van der Waals surface area contributed by atoms with Crippen LogP contribution in [0.1, 0.15) is 22.4 Å². The summed E-state index contributed by atoms with van der Waals surface area (Å²) < 4.78 is 15.0. The highest BCUT2D eigenvalue weighted by atomic mass is 19.1. The average molecular weight is 292 g/mol. The molecule has 2 aromatic rings. The summed E-state index contributed by atoms with van der Waals surface area (Å²) in [4.78, 5) is 10.6. The lowest BCUT2D eigenvalue weighted by atomic mass is 10.1. The van der Waals surface area contributed by atoms with E-state index in [0.717, 1.165) is 5.56 Å². The van der Waals surface area contributed by atoms with Gasteiger partial charge in [-0.3, -0.25) is 10.1 Å². The summed E-state index contributed by atoms with van der Waals surface area (Å²) >= 11 is 0. The number of aryl methyl sites for hydroxylation is 4. The number of hydrogen-bond acceptors (Lipinski definition) is 4. The van der Waals surface area contributed by atoms with Crippen molar-refractivity contribution in [1.29, 1.82) is 0 Å². The molecule has 6 nitrogen and oxygen atoms in total. The second kappa shape index (κ2) is 5.51. The Labute approximate surface area is 121 Å². The second-order valence-electron chi connectivity index (χ2n) is 5.06. The van der Waals surface area contributed by atoms with Gasteiger partial charge in [0.15, 0.2) is 0 Å². The highest BCUT2D eigenvalue weighted by molar-refractivity contribution is 5.59. The Kier molecular flexibility index (Phi) is 3.93. The molecule has 0 saturated heterocycles. The fourth-order valence-corrected chi connectivity index (χ4v) is 2.39. The van der Waals surface area contributed by atoms with E-state index in [1.165, 1.54) is 4.68 Å². The highest BCUT2D eigenvalue weighted by Crippen LogP contribution is 2.27. The van der Waals surface area contributed by atoms with E-state index in [-0.39, 0.29) is 11.5 Å². The number of hydrogen-bond donors (Lipinski definition) is 1. The monoisotopic (exact) mass is 292 g/mol. The van der Waals surface area contributed by atoms with Crippen molar-refractivity contribution < 1.29 is 9.31 Å². The predicted molar refractivity (Wildman–Crippen MR) is 77.8 cm³/mol. The third kappa shape index (κ3) is 2.86. The second-order valence-corrected chi connectivity index (χ2v) is 5.06. The molecule has 0 atom stereocenters. The molecule has 0 unspecified atom stereocenters. The molecule has 112 valence electrons. The van der Waals surface area contributed by atoms with Crippen LogP contribution in [0.5, 0.6) is 0 Å². The first-order valence-corrected chi connectivity index (χ1v) is 6.48. The number of benzene rings is 1. The van der Waals surface area contributed by atoms with Crippen molar-refractivity contribution in [3.8, 4) is 0 Å². The molecule has 0 saturated carbocycles. The van der Waals surface area contributed by atoms with Gasteiger partial charge < -0.3 is 5.32 Å². The first kappa shape index (κ1) is 15.0. The van der Waals surface area contributed by atoms with Gasteiger partial charge in [-0.05, 0) is 37.5 Å². The summed E-state index contributed by atoms with van der Waals surface area (Å²) in [5, 5.41) is 18.1. The zero-order chi connectivity index (χ0) is 15.7. The van der Waals surface area contributed by atoms with Crippen LogP contribution in [0.25, 0.3) is 0 Å². The van der Waals surface area contributed by atoms with Crippen molar-refractivity contribution in [2.24, 2.45) is 7.05 Å². The molecule has 2 rings (SSSR count). The Balaban J connectivity index is 2.27. The van der Waals surface area contributed by atoms with Gasteiger partial charge in [0.2, 0.25) is 5.82 Å². The van der Waals surface area contributed by atoms with Gasteiger partial charge in [0.25, 0.3) is 0 Å². The smallest absolute Gasteiger partial charge is 0.333 e. The van der Waals surface area contributed by atoms with Crippen LogP contribution in [-0.2, 0) is 13.6 Å². The summed E-state index contributed by atoms with van der Waals surface area (Å²) in [6.07, 6.45) is 0. The molecule has 21 heavy (non-hydrogen) atoms. The van der Waals surface area contributed by atoms with Gasteiger partial charge in [0.05, 0.1) is 4.92 Å². The molecule has 1 aromatic carbocycles. The Morgan fingerprint density at radius 3 is 2.43 bits per heavy atom. The number of halogens is 1. The normalized spacial score (nSPS) is 10.7. The maximum atomic E-state index is 13.6. The Morgan fingerprint density at radius 2 is 1.90 bits per heavy atom. The van der Waals surface area contributed by atoms with Crippen LogP contribution in [0.2, 0.25) is 0 Å². The fraction of sp³-hybridized carbons (Fsp3) is 0.357. The van der Waals surface area contributed by atoms with Crippen LogP contribution in [0.15, 0.2) is 12.1 Å². The average Bonchev–Trinajstić information content (AvgIpc) is 2.67. The topological polar surface area (TPSA) is 73.0 Å². The zero-order valence-corrected chi connectivity index (χ0v) is 12.4. The van der Waals surface area contributed by atoms with Gasteiger partial charge in [-0.25, -0.2) is 9.07 Å². The van der Waals surface area contributed by atoms with Crippen molar-refractivity contribution >= 4 is 11.5 Å². The van der Waals surface area contributed by atoms with Crippen LogP contribution >= 0.6 is 0 Å². The zero-order valence-electron chi connectivity index (χ0n) is 12.4. The number of nitrogens with zero attached hydrogens (tertiary/aromatic N) is 3. The predicted octanol–water partition coefficient (Wildman–Crippen LogP) is 3.00. The molecule has 1 heterocycles. The quantitative estimate of drug-likeness (QED) is 0.694. The summed E-state index contributed by atoms with van der Waals surface area (Å²) in [6.45, 7) is 5.35. The molecular weight excluding hydrogens is 275 g/mol. The Hall–Kier alpha value is -2.44. The number of rotatable bonds is 4. The van der Waals surface area contributed by atoms with Gasteiger partial charge in [0.1, 0.15) is 11.5 Å². The van der Waals surface area contributed by atoms with E-state index in [9.17, 15) is 14.5 Å². The molecule has 0 aliphatic carbocycles. The maximum Gasteiger partial charge on any atom is 0.333 e. The van der Waals surface area contributed by atoms with E-state index >= 15 is 0 Å². The van der Waals surface area contributed by atoms with E-state index in [1.807, 2.05) is 0 Å². The molecule has 0 radical (unpaired) electrons. The van der Waals surface area contributed by atoms with Crippen molar-refractivity contribution in [2.75, 3.05) is 5.32 Å². The summed E-state index contributed by atoms with van der Waals surface area (Å²) in [7, 11) is 1.64. The third-order valence-corrected chi connectivity index (χ3v) is 3.33. The van der Waals surface area contributed by atoms with Gasteiger partial charge in [-0.15, -0.1) is 0 Å². The summed E-state index contributed by atoms with van der Waals surface area (Å²) in [5.74, 6) is 0.123. The number of anilines is 1. The summed E-state index contributed by atoms with van der Waals surface area (Å²) in [5.41, 5.74) is 2.30. The molecule has 0 fully saturated rings. The standard InChI is InChI=1S/C14H17FN4O2/c1-8-5-11(6-9(2)12(8)15)7-16-14-13(19(20)21)10(3)17-18(14)4/h5-6,16H,7H2,1-4H3. The highest BCUT2D eigenvalue weighted by Gasteiger charge is 2.23. The van der Waals surface area contributed by atoms with Gasteiger partial charge in [-0.1, -0.05) is 12.1 Å². The molecule has 1 N–H and O–H groups in total. The molecule has 0 spiro atoms. The van der Waals surface area contributed by atoms with E-state index in [0.29, 0.717) is 29.2 Å². The van der Waals surface area contributed by atoms with Gasteiger partial charge in [0, 0.05) is 13.6 Å². The van der Waals surface area contributed by atoms with Crippen molar-refractivity contribution in [2.45, 2.75) is 27.3 Å². The van der Waals surface area contributed by atoms with Crippen LogP contribution in [-0.4, -0.2) is 14.7 Å². The van der Waals surface area contributed by atoms with Crippen LogP contribution < -0.4 is 5.32 Å². The minimum Gasteiger partial charge on any atom is -0.360 e. The lowest BCUT2D eigenvalue weighted by Crippen LogP contribution is -2.07. The Morgan fingerprint density at radius 1 is 1.33 bits per heavy atom. The molecule has 0 aliphatic heterocycles. The van der Waals surface area contributed by atoms with Gasteiger partial charge >= 0.3 is 5.69 Å². The third-order valence-electron chi connectivity index (χ3n) is 3.33. The molecule has 0 aliphatic rings. The lowest BCUT2D eigenvalue weighted by molar-refractivity contribution is -0.384. The van der Waals surface area contributed by atoms with Crippen LogP contribution in [0, 0.1) is 36.7 Å². The van der Waals surface area contributed by atoms with Crippen molar-refractivity contribution in [3.05, 3.63) is 50.4 Å². The fourth-order valence-electron chi connectivity index (χ4n) is 2.39. The molecular formula is C14H17FN4O2. The first-order chi connectivity index (χ1) is 9.81. The molecule has 0 bridgehead atoms. The number of nitro groups is 1. The van der Waals surface area contributed by atoms with Crippen molar-refractivity contribution in [1.82, 2.24) is 9.78 Å². The van der Waals surface area contributed by atoms with Crippen LogP contribution in [0.4, 0.5) is 15.9 Å². The van der Waals surface area contributed by atoms with E-state index < -0.39 is 4.92 Å². The summed E-state index contributed by atoms with van der Waals surface area (Å²) in [6, 6.07) is 3.45. The largest absolute Gasteiger partial charge is 0.360 e. The first-order valence-electron chi connectivity index (χ1n) is 6.48. The minimum atomic E-state index is -0.453. The van der Waals surface area contributed by atoms with E-state index in [1.54, 1.807) is 40.0 Å². The van der Waals surface area contributed by atoms with E-state index in [4.69, 9.17) is 0 Å². The SMILES string of the molecule is Cc1cc(CNc2c([N+](=O)[O-])c(C)nn2C)cc(C)c1F.